The normalized spacial score (nSPS) is 25.9. The number of benzene rings is 2. The maximum Gasteiger partial charge on any atom is 0.316 e. The van der Waals surface area contributed by atoms with Gasteiger partial charge in [-0.3, -0.25) is 19.2 Å². The number of halogens is 1. The van der Waals surface area contributed by atoms with E-state index in [1.54, 1.807) is 54.3 Å². The lowest BCUT2D eigenvalue weighted by Gasteiger charge is -2.22. The zero-order chi connectivity index (χ0) is 24.9. The molecule has 1 aliphatic carbocycles. The molecule has 2 aromatic rings. The van der Waals surface area contributed by atoms with Crippen LogP contribution in [0.3, 0.4) is 0 Å². The van der Waals surface area contributed by atoms with Crippen LogP contribution in [0.25, 0.3) is 0 Å². The molecular formula is C27H25ClN2O5. The molecule has 7 nitrogen and oxygen atoms in total. The summed E-state index contributed by atoms with van der Waals surface area (Å²) in [5.74, 6) is -1.98. The number of rotatable bonds is 4. The zero-order valence-electron chi connectivity index (χ0n) is 19.4. The van der Waals surface area contributed by atoms with E-state index in [1.165, 1.54) is 4.90 Å². The second kappa shape index (κ2) is 8.96. The number of hydrogen-bond donors (Lipinski definition) is 0. The van der Waals surface area contributed by atoms with Crippen LogP contribution in [0.5, 0.6) is 5.75 Å². The summed E-state index contributed by atoms with van der Waals surface area (Å²) in [4.78, 5) is 54.2. The van der Waals surface area contributed by atoms with Crippen molar-refractivity contribution in [2.24, 2.45) is 23.7 Å². The first kappa shape index (κ1) is 23.3. The molecule has 2 aliphatic heterocycles. The molecule has 0 aromatic heterocycles. The van der Waals surface area contributed by atoms with Crippen molar-refractivity contribution in [2.45, 2.75) is 26.7 Å². The van der Waals surface area contributed by atoms with Crippen molar-refractivity contribution in [1.82, 2.24) is 0 Å². The first-order valence-corrected chi connectivity index (χ1v) is 12.0. The maximum absolute atomic E-state index is 13.1. The van der Waals surface area contributed by atoms with Crippen LogP contribution >= 0.6 is 11.6 Å². The monoisotopic (exact) mass is 492 g/mol. The third kappa shape index (κ3) is 4.14. The van der Waals surface area contributed by atoms with Gasteiger partial charge in [0.05, 0.1) is 23.4 Å². The first-order chi connectivity index (χ1) is 16.7. The SMILES string of the molecule is Cc1cc(OC(=O)[C@@H]2CC(=O)N(c3ccc(Cl)cc3)C2)ccc1N1C(=O)[C@H]2[C@@H](C)C=CC[C@H]2C1=O. The highest BCUT2D eigenvalue weighted by atomic mass is 35.5. The lowest BCUT2D eigenvalue weighted by Crippen LogP contribution is -2.32. The number of fused-ring (bicyclic) bond motifs is 1. The number of amides is 3. The Balaban J connectivity index is 1.28. The summed E-state index contributed by atoms with van der Waals surface area (Å²) in [6.45, 7) is 3.96. The van der Waals surface area contributed by atoms with Gasteiger partial charge in [0, 0.05) is 23.7 Å². The number of imide groups is 1. The number of anilines is 2. The average molecular weight is 493 g/mol. The molecular weight excluding hydrogens is 468 g/mol. The number of carbonyl (C=O) groups is 4. The van der Waals surface area contributed by atoms with E-state index in [4.69, 9.17) is 16.3 Å². The molecule has 4 atom stereocenters. The fraction of sp³-hybridized carbons (Fsp3) is 0.333. The summed E-state index contributed by atoms with van der Waals surface area (Å²) >= 11 is 5.92. The highest BCUT2D eigenvalue weighted by molar-refractivity contribution is 6.30. The Bertz CT molecular complexity index is 1250. The van der Waals surface area contributed by atoms with Gasteiger partial charge in [0.1, 0.15) is 5.75 Å². The van der Waals surface area contributed by atoms with Gasteiger partial charge in [-0.2, -0.15) is 0 Å². The Morgan fingerprint density at radius 3 is 2.49 bits per heavy atom. The Kier molecular flexibility index (Phi) is 5.97. The van der Waals surface area contributed by atoms with E-state index in [9.17, 15) is 19.2 Å². The largest absolute Gasteiger partial charge is 0.426 e. The van der Waals surface area contributed by atoms with Crippen LogP contribution in [-0.4, -0.2) is 30.2 Å². The Hall–Kier alpha value is -3.45. The van der Waals surface area contributed by atoms with Crippen molar-refractivity contribution in [3.05, 3.63) is 65.2 Å². The minimum absolute atomic E-state index is 0.0114. The summed E-state index contributed by atoms with van der Waals surface area (Å²) in [5, 5.41) is 0.567. The predicted octanol–water partition coefficient (Wildman–Crippen LogP) is 4.31. The van der Waals surface area contributed by atoms with Crippen LogP contribution in [0, 0.1) is 30.6 Å². The number of allylic oxidation sites excluding steroid dienone is 2. The molecule has 0 radical (unpaired) electrons. The highest BCUT2D eigenvalue weighted by Gasteiger charge is 2.50. The van der Waals surface area contributed by atoms with Gasteiger partial charge in [-0.1, -0.05) is 30.7 Å². The van der Waals surface area contributed by atoms with E-state index >= 15 is 0 Å². The second-order valence-corrected chi connectivity index (χ2v) is 9.85. The Morgan fingerprint density at radius 1 is 1.06 bits per heavy atom. The lowest BCUT2D eigenvalue weighted by molar-refractivity contribution is -0.139. The molecule has 0 spiro atoms. The molecule has 0 N–H and O–H groups in total. The van der Waals surface area contributed by atoms with Crippen molar-refractivity contribution in [3.63, 3.8) is 0 Å². The van der Waals surface area contributed by atoms with Gasteiger partial charge >= 0.3 is 5.97 Å². The predicted molar refractivity (Wildman–Crippen MR) is 131 cm³/mol. The molecule has 8 heteroatoms. The van der Waals surface area contributed by atoms with Crippen LogP contribution in [0.15, 0.2) is 54.6 Å². The van der Waals surface area contributed by atoms with Crippen LogP contribution in [0.4, 0.5) is 11.4 Å². The number of esters is 1. The van der Waals surface area contributed by atoms with Crippen LogP contribution in [-0.2, 0) is 19.2 Å². The van der Waals surface area contributed by atoms with E-state index in [0.717, 1.165) is 0 Å². The summed E-state index contributed by atoms with van der Waals surface area (Å²) < 4.78 is 5.58. The van der Waals surface area contributed by atoms with Crippen molar-refractivity contribution in [2.75, 3.05) is 16.3 Å². The van der Waals surface area contributed by atoms with Crippen LogP contribution < -0.4 is 14.5 Å². The van der Waals surface area contributed by atoms with Gasteiger partial charge in [-0.25, -0.2) is 4.90 Å². The standard InChI is InChI=1S/C27H25ClN2O5/c1-15-4-3-5-21-24(15)26(33)30(25(21)32)22-11-10-20(12-16(22)2)35-27(34)17-13-23(31)29(14-17)19-8-6-18(28)7-9-19/h3-4,6-12,15,17,21,24H,5,13-14H2,1-2H3/t15-,17+,21+,24-/m0/s1. The number of hydrogen-bond acceptors (Lipinski definition) is 5. The minimum Gasteiger partial charge on any atom is -0.426 e. The van der Waals surface area contributed by atoms with Crippen LogP contribution in [0.2, 0.25) is 5.02 Å². The van der Waals surface area contributed by atoms with Gasteiger partial charge in [-0.15, -0.1) is 0 Å². The van der Waals surface area contributed by atoms with Gasteiger partial charge < -0.3 is 9.64 Å². The van der Waals surface area contributed by atoms with Crippen molar-refractivity contribution in [1.29, 1.82) is 0 Å². The Labute approximate surface area is 208 Å². The molecule has 3 aliphatic rings. The third-order valence-electron chi connectivity index (χ3n) is 7.10. The smallest absolute Gasteiger partial charge is 0.316 e. The van der Waals surface area contributed by atoms with Gasteiger partial charge in [-0.05, 0) is 67.3 Å². The quantitative estimate of drug-likeness (QED) is 0.275. The molecule has 2 heterocycles. The average Bonchev–Trinajstić information content (AvgIpc) is 3.33. The zero-order valence-corrected chi connectivity index (χ0v) is 20.2. The fourth-order valence-corrected chi connectivity index (χ4v) is 5.39. The maximum atomic E-state index is 13.1. The van der Waals surface area contributed by atoms with Crippen molar-refractivity contribution in [3.8, 4) is 5.75 Å². The lowest BCUT2D eigenvalue weighted by atomic mass is 9.78. The molecule has 0 saturated carbocycles. The Morgan fingerprint density at radius 2 is 1.80 bits per heavy atom. The first-order valence-electron chi connectivity index (χ1n) is 11.7. The topological polar surface area (TPSA) is 84.0 Å². The molecule has 180 valence electrons. The molecule has 2 fully saturated rings. The second-order valence-electron chi connectivity index (χ2n) is 9.42. The van der Waals surface area contributed by atoms with E-state index in [2.05, 4.69) is 0 Å². The number of aryl methyl sites for hydroxylation is 1. The van der Waals surface area contributed by atoms with Gasteiger partial charge in [0.15, 0.2) is 0 Å². The highest BCUT2D eigenvalue weighted by Crippen LogP contribution is 2.41. The summed E-state index contributed by atoms with van der Waals surface area (Å²) in [5.41, 5.74) is 1.84. The third-order valence-corrected chi connectivity index (χ3v) is 7.35. The fourth-order valence-electron chi connectivity index (χ4n) is 5.26. The van der Waals surface area contributed by atoms with E-state index < -0.39 is 11.9 Å². The minimum atomic E-state index is -0.600. The molecule has 0 unspecified atom stereocenters. The summed E-state index contributed by atoms with van der Waals surface area (Å²) in [6.07, 6.45) is 4.59. The molecule has 5 rings (SSSR count). The molecule has 2 saturated heterocycles. The summed E-state index contributed by atoms with van der Waals surface area (Å²) in [6, 6.07) is 11.7. The molecule has 0 bridgehead atoms. The summed E-state index contributed by atoms with van der Waals surface area (Å²) in [7, 11) is 0. The van der Waals surface area contributed by atoms with Crippen molar-refractivity contribution >= 4 is 46.7 Å². The number of carbonyl (C=O) groups excluding carboxylic acids is 4. The van der Waals surface area contributed by atoms with E-state index in [1.807, 2.05) is 19.1 Å². The van der Waals surface area contributed by atoms with Gasteiger partial charge in [0.25, 0.3) is 0 Å². The van der Waals surface area contributed by atoms with Gasteiger partial charge in [0.2, 0.25) is 17.7 Å². The molecule has 2 aromatic carbocycles. The van der Waals surface area contributed by atoms with E-state index in [-0.39, 0.29) is 48.4 Å². The molecule has 35 heavy (non-hydrogen) atoms. The number of nitrogens with zero attached hydrogens (tertiary/aromatic N) is 2. The molecule has 3 amide bonds. The number of ether oxygens (including phenoxy) is 1. The van der Waals surface area contributed by atoms with Crippen LogP contribution in [0.1, 0.15) is 25.3 Å². The van der Waals surface area contributed by atoms with E-state index in [0.29, 0.717) is 34.1 Å². The van der Waals surface area contributed by atoms with Crippen molar-refractivity contribution < 1.29 is 23.9 Å².